The van der Waals surface area contributed by atoms with Crippen LogP contribution in [0.4, 0.5) is 5.69 Å². The Morgan fingerprint density at radius 3 is 2.45 bits per heavy atom. The summed E-state index contributed by atoms with van der Waals surface area (Å²) in [7, 11) is 1.60. The van der Waals surface area contributed by atoms with Crippen molar-refractivity contribution in [1.82, 2.24) is 24.3 Å². The van der Waals surface area contributed by atoms with E-state index in [-0.39, 0.29) is 40.2 Å². The van der Waals surface area contributed by atoms with E-state index in [1.54, 1.807) is 24.1 Å². The minimum atomic E-state index is -0.270. The fourth-order valence-corrected chi connectivity index (χ4v) is 4.68. The zero-order chi connectivity index (χ0) is 27.6. The number of halogens is 1. The van der Waals surface area contributed by atoms with E-state index in [0.717, 1.165) is 16.8 Å². The molecule has 0 bridgehead atoms. The van der Waals surface area contributed by atoms with Gasteiger partial charge in [-0.05, 0) is 38.5 Å². The zero-order valence-electron chi connectivity index (χ0n) is 22.1. The highest BCUT2D eigenvalue weighted by Gasteiger charge is 2.24. The third-order valence-electron chi connectivity index (χ3n) is 6.55. The number of nitrogens with zero attached hydrogens (tertiary/aromatic N) is 6. The van der Waals surface area contributed by atoms with Crippen molar-refractivity contribution >= 4 is 40.2 Å². The van der Waals surface area contributed by atoms with Crippen LogP contribution >= 0.6 is 11.6 Å². The zero-order valence-corrected chi connectivity index (χ0v) is 22.8. The van der Waals surface area contributed by atoms with E-state index >= 15 is 0 Å². The fraction of sp³-hybridized carbons (Fsp3) is 0.423. The first-order chi connectivity index (χ1) is 18.2. The maximum Gasteiger partial charge on any atom is 0.257 e. The van der Waals surface area contributed by atoms with Crippen molar-refractivity contribution < 1.29 is 19.1 Å². The Morgan fingerprint density at radius 2 is 1.84 bits per heavy atom. The van der Waals surface area contributed by atoms with Gasteiger partial charge in [0.1, 0.15) is 12.3 Å². The molecule has 1 aliphatic heterocycles. The van der Waals surface area contributed by atoms with Crippen LogP contribution < -0.4 is 15.3 Å². The van der Waals surface area contributed by atoms with Crippen LogP contribution in [0.2, 0.25) is 5.15 Å². The molecule has 202 valence electrons. The van der Waals surface area contributed by atoms with E-state index in [2.05, 4.69) is 21.7 Å². The molecule has 0 saturated carbocycles. The summed E-state index contributed by atoms with van der Waals surface area (Å²) in [5, 5.41) is 17.1. The molecule has 1 aromatic carbocycles. The van der Waals surface area contributed by atoms with Crippen LogP contribution in [0.5, 0.6) is 5.75 Å². The van der Waals surface area contributed by atoms with Crippen molar-refractivity contribution in [2.75, 3.05) is 51.4 Å². The summed E-state index contributed by atoms with van der Waals surface area (Å²) in [4.78, 5) is 30.1. The monoisotopic (exact) mass is 541 g/mol. The highest BCUT2D eigenvalue weighted by Crippen LogP contribution is 2.37. The van der Waals surface area contributed by atoms with Crippen LogP contribution in [-0.2, 0) is 11.3 Å². The minimum Gasteiger partial charge on any atom is -0.494 e. The maximum atomic E-state index is 13.5. The quantitative estimate of drug-likeness (QED) is 0.414. The molecular weight excluding hydrogens is 510 g/mol. The molecule has 11 nitrogen and oxygen atoms in total. The molecule has 1 fully saturated rings. The number of aromatic nitrogens is 4. The van der Waals surface area contributed by atoms with Gasteiger partial charge in [-0.3, -0.25) is 15.0 Å². The third-order valence-corrected chi connectivity index (χ3v) is 6.83. The number of hydrogen-bond donors (Lipinski definition) is 1. The van der Waals surface area contributed by atoms with Gasteiger partial charge in [-0.15, -0.1) is 5.10 Å². The van der Waals surface area contributed by atoms with Gasteiger partial charge in [-0.1, -0.05) is 18.2 Å². The molecule has 4 rings (SSSR count). The number of Topliss-reactive ketones (excluding diaryl/α,β-unsaturated/α-hetero) is 1. The van der Waals surface area contributed by atoms with Crippen molar-refractivity contribution in [2.24, 2.45) is 0 Å². The lowest BCUT2D eigenvalue weighted by Crippen LogP contribution is -2.36. The molecule has 1 saturated heterocycles. The molecule has 38 heavy (non-hydrogen) atoms. The van der Waals surface area contributed by atoms with Gasteiger partial charge in [0.15, 0.2) is 16.6 Å². The molecule has 1 aliphatic rings. The van der Waals surface area contributed by atoms with Gasteiger partial charge in [-0.2, -0.15) is 9.61 Å². The number of nitrogens with one attached hydrogen (secondary N) is 1. The van der Waals surface area contributed by atoms with Crippen molar-refractivity contribution in [3.8, 4) is 5.75 Å². The van der Waals surface area contributed by atoms with Gasteiger partial charge in [0.25, 0.3) is 5.91 Å². The summed E-state index contributed by atoms with van der Waals surface area (Å²) in [6.45, 7) is 13.0. The van der Waals surface area contributed by atoms with E-state index in [4.69, 9.17) is 26.5 Å². The van der Waals surface area contributed by atoms with Crippen LogP contribution in [-0.4, -0.2) is 82.5 Å². The average Bonchev–Trinajstić information content (AvgIpc) is 3.22. The minimum absolute atomic E-state index is 0.0322. The van der Waals surface area contributed by atoms with E-state index in [0.29, 0.717) is 50.7 Å². The van der Waals surface area contributed by atoms with Gasteiger partial charge in [0.2, 0.25) is 5.62 Å². The molecule has 0 atom stereocenters. The summed E-state index contributed by atoms with van der Waals surface area (Å²) < 4.78 is 13.7. The topological polar surface area (TPSA) is 118 Å². The first-order valence-corrected chi connectivity index (χ1v) is 12.8. The summed E-state index contributed by atoms with van der Waals surface area (Å²) in [6.07, 6.45) is 0. The number of anilines is 1. The van der Waals surface area contributed by atoms with Crippen molar-refractivity contribution in [2.45, 2.75) is 27.3 Å². The smallest absolute Gasteiger partial charge is 0.257 e. The number of ketones is 1. The second kappa shape index (κ2) is 11.4. The number of amides is 1. The Balaban J connectivity index is 1.71. The number of hydrogen-bond acceptors (Lipinski definition) is 8. The number of carbonyl (C=O) groups is 2. The number of benzene rings is 1. The first-order valence-electron chi connectivity index (χ1n) is 12.4. The van der Waals surface area contributed by atoms with E-state index in [1.165, 1.54) is 15.3 Å². The summed E-state index contributed by atoms with van der Waals surface area (Å²) in [5.41, 5.74) is 3.03. The fourth-order valence-electron chi connectivity index (χ4n) is 4.46. The lowest BCUT2D eigenvalue weighted by molar-refractivity contribution is 0.0772. The average molecular weight is 542 g/mol. The number of methoxy groups -OCH3 is 1. The normalized spacial score (nSPS) is 13.6. The molecule has 0 aliphatic carbocycles. The molecule has 1 N–H and O–H groups in total. The summed E-state index contributed by atoms with van der Waals surface area (Å²) in [6, 6.07) is 5.05. The van der Waals surface area contributed by atoms with Crippen LogP contribution in [0.1, 0.15) is 47.1 Å². The second-order valence-electron chi connectivity index (χ2n) is 8.96. The van der Waals surface area contributed by atoms with Gasteiger partial charge >= 0.3 is 0 Å². The summed E-state index contributed by atoms with van der Waals surface area (Å²) >= 11 is 6.31. The van der Waals surface area contributed by atoms with Crippen molar-refractivity contribution in [3.05, 3.63) is 52.2 Å². The van der Waals surface area contributed by atoms with Gasteiger partial charge in [0, 0.05) is 43.4 Å². The molecule has 2 aromatic heterocycles. The van der Waals surface area contributed by atoms with Gasteiger partial charge in [-0.25, -0.2) is 4.68 Å². The van der Waals surface area contributed by atoms with E-state index < -0.39 is 0 Å². The van der Waals surface area contributed by atoms with Gasteiger partial charge < -0.3 is 19.3 Å². The number of ether oxygens (including phenoxy) is 2. The molecular formula is C26H32ClN7O4. The highest BCUT2D eigenvalue weighted by molar-refractivity contribution is 6.32. The molecule has 0 spiro atoms. The number of fused-ring (bicyclic) bond motifs is 1. The molecule has 1 amide bonds. The van der Waals surface area contributed by atoms with Crippen LogP contribution in [0.15, 0.2) is 24.8 Å². The van der Waals surface area contributed by atoms with Gasteiger partial charge in [0.05, 0.1) is 31.6 Å². The Labute approximate surface area is 225 Å². The number of morpholine rings is 1. The van der Waals surface area contributed by atoms with E-state index in [1.807, 2.05) is 20.8 Å². The number of allylic oxidation sites excluding steroid dienone is 1. The number of carbonyl (C=O) groups excluding carboxylic acids is 2. The third kappa shape index (κ3) is 5.16. The van der Waals surface area contributed by atoms with E-state index in [9.17, 15) is 9.59 Å². The Bertz CT molecular complexity index is 1450. The highest BCUT2D eigenvalue weighted by atomic mass is 35.5. The predicted molar refractivity (Wildman–Crippen MR) is 144 cm³/mol. The van der Waals surface area contributed by atoms with Crippen molar-refractivity contribution in [1.29, 1.82) is 5.41 Å². The Kier molecular flexibility index (Phi) is 8.17. The van der Waals surface area contributed by atoms with Crippen LogP contribution in [0.3, 0.4) is 0 Å². The standard InChI is InChI=1S/C26H32ClN7O4/c1-6-31(7-2)25(36)19-14-22-29-33(26(28)34(22)30-24(19)27)15-21(35)17-12-18(16(3)4)23(37-5)20(13-17)32-8-10-38-11-9-32/h12-14,28H,3,6-11,15H2,1-2,4-5H3. The first kappa shape index (κ1) is 27.3. The lowest BCUT2D eigenvalue weighted by Gasteiger charge is -2.31. The van der Waals surface area contributed by atoms with Crippen molar-refractivity contribution in [3.63, 3.8) is 0 Å². The molecule has 3 heterocycles. The maximum absolute atomic E-state index is 13.5. The molecule has 3 aromatic rings. The SMILES string of the molecule is C=C(C)c1cc(C(=O)Cn2nc3cc(C(=O)N(CC)CC)c(Cl)nn3c2=N)cc(N2CCOCC2)c1OC. The Hall–Kier alpha value is -3.70. The summed E-state index contributed by atoms with van der Waals surface area (Å²) in [5.74, 6) is 0.132. The van der Waals surface area contributed by atoms with Crippen LogP contribution in [0, 0.1) is 5.41 Å². The molecule has 12 heteroatoms. The largest absolute Gasteiger partial charge is 0.494 e. The molecule has 0 unspecified atom stereocenters. The molecule has 0 radical (unpaired) electrons. The Morgan fingerprint density at radius 1 is 1.16 bits per heavy atom. The van der Waals surface area contributed by atoms with Crippen LogP contribution in [0.25, 0.3) is 11.2 Å². The number of rotatable bonds is 9. The second-order valence-corrected chi connectivity index (χ2v) is 9.31. The predicted octanol–water partition coefficient (Wildman–Crippen LogP) is 2.91. The lowest BCUT2D eigenvalue weighted by atomic mass is 9.99.